The zero-order valence-corrected chi connectivity index (χ0v) is 20.1. The molecule has 0 saturated heterocycles. The molecule has 0 aromatic heterocycles. The first-order valence-electron chi connectivity index (χ1n) is 10.8. The highest BCUT2D eigenvalue weighted by Gasteiger charge is 2.28. The quantitative estimate of drug-likeness (QED) is 0.513. The molecule has 0 aliphatic carbocycles. The van der Waals surface area contributed by atoms with Gasteiger partial charge in [0.1, 0.15) is 0 Å². The van der Waals surface area contributed by atoms with Gasteiger partial charge >= 0.3 is 0 Å². The Labute approximate surface area is 191 Å². The number of carbonyl (C=O) groups excluding carboxylic acids is 1. The Morgan fingerprint density at radius 3 is 2.50 bits per heavy atom. The van der Waals surface area contributed by atoms with Crippen molar-refractivity contribution < 1.29 is 4.79 Å². The fourth-order valence-corrected chi connectivity index (χ4v) is 4.94. The standard InChI is InChI=1S/C24H33N3OS.ClH/c1-5-14-25-24(28)19-12-13-23-21(16-19)27(18(4)17-26(7-3)15-6-2)20-10-8-9-11-22(20)29-23;/h8-13,16,18H,5-7,14-15,17H2,1-4H3,(H,25,28);1H. The molecular formula is C24H34ClN3OS. The third-order valence-corrected chi connectivity index (χ3v) is 6.44. The summed E-state index contributed by atoms with van der Waals surface area (Å²) in [6.45, 7) is 12.7. The summed E-state index contributed by atoms with van der Waals surface area (Å²) >= 11 is 1.79. The van der Waals surface area contributed by atoms with E-state index in [0.29, 0.717) is 12.6 Å². The van der Waals surface area contributed by atoms with Gasteiger partial charge in [-0.25, -0.2) is 0 Å². The fraction of sp³-hybridized carbons (Fsp3) is 0.458. The smallest absolute Gasteiger partial charge is 0.251 e. The second-order valence-electron chi connectivity index (χ2n) is 7.62. The molecule has 0 spiro atoms. The minimum absolute atomic E-state index is 0. The lowest BCUT2D eigenvalue weighted by atomic mass is 10.1. The largest absolute Gasteiger partial charge is 0.352 e. The number of amides is 1. The van der Waals surface area contributed by atoms with E-state index >= 15 is 0 Å². The number of hydrogen-bond donors (Lipinski definition) is 1. The molecule has 1 aliphatic heterocycles. The van der Waals surface area contributed by atoms with Crippen LogP contribution in [0.15, 0.2) is 52.3 Å². The van der Waals surface area contributed by atoms with Crippen LogP contribution in [0.5, 0.6) is 0 Å². The zero-order valence-electron chi connectivity index (χ0n) is 18.5. The summed E-state index contributed by atoms with van der Waals surface area (Å²) in [5, 5.41) is 3.00. The van der Waals surface area contributed by atoms with Gasteiger partial charge in [-0.15, -0.1) is 12.4 Å². The number of likely N-dealkylation sites (N-methyl/N-ethyl adjacent to an activating group) is 1. The van der Waals surface area contributed by atoms with E-state index in [4.69, 9.17) is 0 Å². The summed E-state index contributed by atoms with van der Waals surface area (Å²) in [6.07, 6.45) is 2.10. The summed E-state index contributed by atoms with van der Waals surface area (Å²) in [5.74, 6) is 0.00674. The summed E-state index contributed by atoms with van der Waals surface area (Å²) < 4.78 is 0. The molecule has 2 aromatic carbocycles. The lowest BCUT2D eigenvalue weighted by molar-refractivity contribution is 0.0953. The van der Waals surface area contributed by atoms with Crippen LogP contribution >= 0.6 is 24.2 Å². The molecule has 1 N–H and O–H groups in total. The van der Waals surface area contributed by atoms with Crippen LogP contribution in [0.25, 0.3) is 0 Å². The molecule has 1 atom stereocenters. The molecule has 2 aromatic rings. The van der Waals surface area contributed by atoms with Crippen LogP contribution in [0, 0.1) is 0 Å². The van der Waals surface area contributed by atoms with Gasteiger partial charge in [-0.1, -0.05) is 44.7 Å². The van der Waals surface area contributed by atoms with Gasteiger partial charge in [-0.05, 0) is 63.2 Å². The number of fused-ring (bicyclic) bond motifs is 2. The average Bonchev–Trinajstić information content (AvgIpc) is 2.74. The van der Waals surface area contributed by atoms with Gasteiger partial charge in [-0.2, -0.15) is 0 Å². The Morgan fingerprint density at radius 1 is 1.07 bits per heavy atom. The predicted molar refractivity (Wildman–Crippen MR) is 131 cm³/mol. The van der Waals surface area contributed by atoms with Crippen molar-refractivity contribution in [3.63, 3.8) is 0 Å². The lowest BCUT2D eigenvalue weighted by Crippen LogP contribution is -2.41. The van der Waals surface area contributed by atoms with Gasteiger partial charge in [0.2, 0.25) is 0 Å². The summed E-state index contributed by atoms with van der Waals surface area (Å²) in [6, 6.07) is 15.0. The van der Waals surface area contributed by atoms with Gasteiger partial charge in [0.15, 0.2) is 0 Å². The molecule has 0 saturated carbocycles. The van der Waals surface area contributed by atoms with Crippen molar-refractivity contribution in [2.75, 3.05) is 31.1 Å². The van der Waals surface area contributed by atoms with Crippen molar-refractivity contribution in [1.29, 1.82) is 0 Å². The Bertz CT molecular complexity index is 845. The van der Waals surface area contributed by atoms with Gasteiger partial charge in [0, 0.05) is 34.5 Å². The first kappa shape index (κ1) is 24.6. The maximum atomic E-state index is 12.6. The number of benzene rings is 2. The Kier molecular flexibility index (Phi) is 9.53. The normalized spacial score (nSPS) is 13.3. The molecule has 4 nitrogen and oxygen atoms in total. The van der Waals surface area contributed by atoms with Crippen LogP contribution in [0.3, 0.4) is 0 Å². The molecule has 1 heterocycles. The van der Waals surface area contributed by atoms with Gasteiger partial charge in [0.25, 0.3) is 5.91 Å². The van der Waals surface area contributed by atoms with E-state index in [-0.39, 0.29) is 18.3 Å². The van der Waals surface area contributed by atoms with E-state index in [1.54, 1.807) is 11.8 Å². The zero-order chi connectivity index (χ0) is 20.8. The summed E-state index contributed by atoms with van der Waals surface area (Å²) in [5.41, 5.74) is 3.10. The van der Waals surface area contributed by atoms with Crippen LogP contribution in [-0.2, 0) is 0 Å². The minimum Gasteiger partial charge on any atom is -0.352 e. The number of halogens is 1. The molecule has 6 heteroatoms. The predicted octanol–water partition coefficient (Wildman–Crippen LogP) is 5.97. The van der Waals surface area contributed by atoms with Crippen molar-refractivity contribution in [2.24, 2.45) is 0 Å². The maximum absolute atomic E-state index is 12.6. The highest BCUT2D eigenvalue weighted by molar-refractivity contribution is 7.99. The van der Waals surface area contributed by atoms with E-state index < -0.39 is 0 Å². The number of nitrogens with one attached hydrogen (secondary N) is 1. The molecule has 1 amide bonds. The van der Waals surface area contributed by atoms with Crippen LogP contribution in [0.2, 0.25) is 0 Å². The molecule has 0 fully saturated rings. The van der Waals surface area contributed by atoms with Crippen molar-refractivity contribution in [2.45, 2.75) is 56.4 Å². The van der Waals surface area contributed by atoms with Crippen molar-refractivity contribution in [1.82, 2.24) is 10.2 Å². The van der Waals surface area contributed by atoms with E-state index in [2.05, 4.69) is 79.2 Å². The Hall–Kier alpha value is -1.69. The lowest BCUT2D eigenvalue weighted by Gasteiger charge is -2.39. The van der Waals surface area contributed by atoms with Gasteiger partial charge < -0.3 is 15.1 Å². The summed E-state index contributed by atoms with van der Waals surface area (Å²) in [4.78, 5) is 20.0. The maximum Gasteiger partial charge on any atom is 0.251 e. The van der Waals surface area contributed by atoms with E-state index in [1.807, 2.05) is 6.07 Å². The van der Waals surface area contributed by atoms with Crippen molar-refractivity contribution in [3.8, 4) is 0 Å². The first-order valence-corrected chi connectivity index (χ1v) is 11.6. The van der Waals surface area contributed by atoms with Crippen LogP contribution < -0.4 is 10.2 Å². The highest BCUT2D eigenvalue weighted by Crippen LogP contribution is 2.49. The third-order valence-electron chi connectivity index (χ3n) is 5.31. The van der Waals surface area contributed by atoms with Gasteiger partial charge in [-0.3, -0.25) is 4.79 Å². The fourth-order valence-electron chi connectivity index (χ4n) is 3.89. The number of para-hydroxylation sites is 1. The second kappa shape index (κ2) is 11.6. The molecule has 164 valence electrons. The van der Waals surface area contributed by atoms with Crippen molar-refractivity contribution in [3.05, 3.63) is 48.0 Å². The summed E-state index contributed by atoms with van der Waals surface area (Å²) in [7, 11) is 0. The molecule has 3 rings (SSSR count). The van der Waals surface area contributed by atoms with E-state index in [0.717, 1.165) is 43.7 Å². The highest BCUT2D eigenvalue weighted by atomic mass is 35.5. The van der Waals surface area contributed by atoms with Crippen molar-refractivity contribution >= 4 is 41.5 Å². The number of nitrogens with zero attached hydrogens (tertiary/aromatic N) is 2. The van der Waals surface area contributed by atoms with E-state index in [1.165, 1.54) is 15.5 Å². The second-order valence-corrected chi connectivity index (χ2v) is 8.70. The SMILES string of the molecule is CCCNC(=O)c1ccc2c(c1)N(C(C)CN(CC)CCC)c1ccccc1S2.Cl. The van der Waals surface area contributed by atoms with Gasteiger partial charge in [0.05, 0.1) is 11.4 Å². The van der Waals surface area contributed by atoms with E-state index in [9.17, 15) is 4.79 Å². The average molecular weight is 448 g/mol. The molecule has 1 aliphatic rings. The topological polar surface area (TPSA) is 35.6 Å². The first-order chi connectivity index (χ1) is 14.1. The van der Waals surface area contributed by atoms with Crippen LogP contribution in [0.1, 0.15) is 50.9 Å². The Morgan fingerprint density at radius 2 is 1.80 bits per heavy atom. The molecular weight excluding hydrogens is 414 g/mol. The Balaban J connectivity index is 0.00000320. The number of anilines is 2. The number of hydrogen-bond acceptors (Lipinski definition) is 4. The third kappa shape index (κ3) is 5.51. The molecule has 30 heavy (non-hydrogen) atoms. The monoisotopic (exact) mass is 447 g/mol. The number of rotatable bonds is 9. The molecule has 1 unspecified atom stereocenters. The number of carbonyl (C=O) groups is 1. The molecule has 0 radical (unpaired) electrons. The van der Waals surface area contributed by atoms with Crippen LogP contribution in [0.4, 0.5) is 11.4 Å². The minimum atomic E-state index is 0. The molecule has 0 bridgehead atoms. The van der Waals surface area contributed by atoms with Crippen LogP contribution in [-0.4, -0.2) is 43.0 Å².